The molecule has 0 heterocycles. The molecule has 142 valence electrons. The minimum absolute atomic E-state index is 0.0737. The first-order valence-corrected chi connectivity index (χ1v) is 7.64. The second-order valence-corrected chi connectivity index (χ2v) is 5.03. The molecule has 6 nitrogen and oxygen atoms in total. The first-order valence-electron chi connectivity index (χ1n) is 7.64. The standard InChI is InChI=1S/C19H16F2O6/c1-24-16-11-12(8-10-17(22)25-2)7-9-15(16)26-18(23)13-5-3-4-6-14(13)27-19(20)21/h3-11,19H,1-2H3/b10-8+. The quantitative estimate of drug-likeness (QED) is 0.416. The van der Waals surface area contributed by atoms with Crippen molar-refractivity contribution in [1.29, 1.82) is 0 Å². The maximum absolute atomic E-state index is 12.5. The highest BCUT2D eigenvalue weighted by atomic mass is 19.3. The number of rotatable bonds is 7. The largest absolute Gasteiger partial charge is 0.493 e. The van der Waals surface area contributed by atoms with E-state index in [4.69, 9.17) is 9.47 Å². The second kappa shape index (κ2) is 9.33. The fourth-order valence-corrected chi connectivity index (χ4v) is 2.09. The van der Waals surface area contributed by atoms with Crippen LogP contribution in [0.3, 0.4) is 0 Å². The number of alkyl halides is 2. The Kier molecular flexibility index (Phi) is 6.87. The van der Waals surface area contributed by atoms with Gasteiger partial charge >= 0.3 is 18.6 Å². The van der Waals surface area contributed by atoms with E-state index in [1.807, 2.05) is 0 Å². The van der Waals surface area contributed by atoms with Crippen LogP contribution >= 0.6 is 0 Å². The van der Waals surface area contributed by atoms with Crippen LogP contribution in [0.1, 0.15) is 15.9 Å². The minimum atomic E-state index is -3.07. The smallest absolute Gasteiger partial charge is 0.387 e. The molecular formula is C19H16F2O6. The monoisotopic (exact) mass is 378 g/mol. The summed E-state index contributed by atoms with van der Waals surface area (Å²) < 4.78 is 44.2. The van der Waals surface area contributed by atoms with Crippen LogP contribution in [0.5, 0.6) is 17.2 Å². The molecule has 8 heteroatoms. The number of methoxy groups -OCH3 is 2. The Morgan fingerprint density at radius 1 is 1.00 bits per heavy atom. The van der Waals surface area contributed by atoms with Gasteiger partial charge in [0.2, 0.25) is 0 Å². The number of hydrogen-bond donors (Lipinski definition) is 0. The van der Waals surface area contributed by atoms with Crippen molar-refractivity contribution < 1.29 is 37.3 Å². The Balaban J connectivity index is 2.23. The predicted molar refractivity (Wildman–Crippen MR) is 92.1 cm³/mol. The van der Waals surface area contributed by atoms with Crippen molar-refractivity contribution in [3.8, 4) is 17.2 Å². The van der Waals surface area contributed by atoms with Gasteiger partial charge in [0.05, 0.1) is 14.2 Å². The molecule has 0 N–H and O–H groups in total. The zero-order chi connectivity index (χ0) is 19.8. The first-order chi connectivity index (χ1) is 12.9. The number of carbonyl (C=O) groups excluding carboxylic acids is 2. The van der Waals surface area contributed by atoms with E-state index in [0.717, 1.165) is 0 Å². The predicted octanol–water partition coefficient (Wildman–Crippen LogP) is 3.70. The van der Waals surface area contributed by atoms with Gasteiger partial charge in [-0.15, -0.1) is 0 Å². The number of esters is 2. The number of ether oxygens (including phenoxy) is 4. The van der Waals surface area contributed by atoms with Crippen LogP contribution in [0.4, 0.5) is 8.78 Å². The molecule has 0 fully saturated rings. The van der Waals surface area contributed by atoms with Gasteiger partial charge in [0, 0.05) is 6.08 Å². The zero-order valence-corrected chi connectivity index (χ0v) is 14.5. The van der Waals surface area contributed by atoms with E-state index >= 15 is 0 Å². The molecule has 0 aromatic heterocycles. The molecule has 0 unspecified atom stereocenters. The third-order valence-electron chi connectivity index (χ3n) is 3.33. The van der Waals surface area contributed by atoms with Crippen molar-refractivity contribution in [2.75, 3.05) is 14.2 Å². The SMILES string of the molecule is COC(=O)/C=C/c1ccc(OC(=O)c2ccccc2OC(F)F)c(OC)c1. The summed E-state index contributed by atoms with van der Waals surface area (Å²) >= 11 is 0. The van der Waals surface area contributed by atoms with Crippen molar-refractivity contribution in [3.63, 3.8) is 0 Å². The van der Waals surface area contributed by atoms with E-state index in [-0.39, 0.29) is 22.8 Å². The third kappa shape index (κ3) is 5.53. The molecule has 27 heavy (non-hydrogen) atoms. The Hall–Kier alpha value is -3.42. The summed E-state index contributed by atoms with van der Waals surface area (Å²) in [6.45, 7) is -3.07. The summed E-state index contributed by atoms with van der Waals surface area (Å²) in [6, 6.07) is 10.0. The van der Waals surface area contributed by atoms with Gasteiger partial charge in [-0.1, -0.05) is 18.2 Å². The maximum Gasteiger partial charge on any atom is 0.387 e. The highest BCUT2D eigenvalue weighted by molar-refractivity contribution is 5.94. The summed E-state index contributed by atoms with van der Waals surface area (Å²) in [5.74, 6) is -1.43. The zero-order valence-electron chi connectivity index (χ0n) is 14.5. The van der Waals surface area contributed by atoms with Crippen molar-refractivity contribution in [2.45, 2.75) is 6.61 Å². The van der Waals surface area contributed by atoms with E-state index < -0.39 is 18.6 Å². The van der Waals surface area contributed by atoms with E-state index in [1.54, 1.807) is 6.07 Å². The highest BCUT2D eigenvalue weighted by Gasteiger charge is 2.19. The van der Waals surface area contributed by atoms with Gasteiger partial charge in [-0.3, -0.25) is 0 Å². The normalized spacial score (nSPS) is 10.7. The minimum Gasteiger partial charge on any atom is -0.493 e. The van der Waals surface area contributed by atoms with Gasteiger partial charge in [0.15, 0.2) is 11.5 Å². The van der Waals surface area contributed by atoms with E-state index in [0.29, 0.717) is 5.56 Å². The topological polar surface area (TPSA) is 71.1 Å². The maximum atomic E-state index is 12.5. The number of carbonyl (C=O) groups is 2. The second-order valence-electron chi connectivity index (χ2n) is 5.03. The molecule has 0 aliphatic heterocycles. The Morgan fingerprint density at radius 3 is 2.41 bits per heavy atom. The fraction of sp³-hybridized carbons (Fsp3) is 0.158. The molecule has 0 spiro atoms. The first kappa shape index (κ1) is 19.9. The molecule has 0 aliphatic carbocycles. The lowest BCUT2D eigenvalue weighted by Crippen LogP contribution is -2.13. The summed E-state index contributed by atoms with van der Waals surface area (Å²) in [5.41, 5.74) is 0.438. The Morgan fingerprint density at radius 2 is 1.74 bits per heavy atom. The van der Waals surface area contributed by atoms with Crippen LogP contribution < -0.4 is 14.2 Å². The number of hydrogen-bond acceptors (Lipinski definition) is 6. The van der Waals surface area contributed by atoms with Gasteiger partial charge in [-0.25, -0.2) is 9.59 Å². The molecule has 0 saturated heterocycles. The van der Waals surface area contributed by atoms with Crippen molar-refractivity contribution in [2.24, 2.45) is 0 Å². The summed E-state index contributed by atoms with van der Waals surface area (Å²) in [4.78, 5) is 23.5. The molecule has 2 aromatic carbocycles. The molecule has 0 amide bonds. The number of benzene rings is 2. The van der Waals surface area contributed by atoms with Crippen LogP contribution in [0.25, 0.3) is 6.08 Å². The molecular weight excluding hydrogens is 362 g/mol. The lowest BCUT2D eigenvalue weighted by Gasteiger charge is -2.12. The van der Waals surface area contributed by atoms with E-state index in [2.05, 4.69) is 9.47 Å². The summed E-state index contributed by atoms with van der Waals surface area (Å²) in [5, 5.41) is 0. The number of para-hydroxylation sites is 1. The molecule has 2 aromatic rings. The van der Waals surface area contributed by atoms with Gasteiger partial charge < -0.3 is 18.9 Å². The van der Waals surface area contributed by atoms with Crippen LogP contribution in [-0.2, 0) is 9.53 Å². The lowest BCUT2D eigenvalue weighted by molar-refractivity contribution is -0.134. The summed E-state index contributed by atoms with van der Waals surface area (Å²) in [6.07, 6.45) is 2.71. The van der Waals surface area contributed by atoms with E-state index in [1.165, 1.54) is 62.8 Å². The average molecular weight is 378 g/mol. The van der Waals surface area contributed by atoms with Gasteiger partial charge in [0.25, 0.3) is 0 Å². The third-order valence-corrected chi connectivity index (χ3v) is 3.33. The van der Waals surface area contributed by atoms with Crippen molar-refractivity contribution in [3.05, 3.63) is 59.7 Å². The van der Waals surface area contributed by atoms with Crippen LogP contribution in [-0.4, -0.2) is 32.8 Å². The lowest BCUT2D eigenvalue weighted by atomic mass is 10.1. The van der Waals surface area contributed by atoms with Gasteiger partial charge in [-0.05, 0) is 35.9 Å². The summed E-state index contributed by atoms with van der Waals surface area (Å²) in [7, 11) is 2.62. The highest BCUT2D eigenvalue weighted by Crippen LogP contribution is 2.30. The Bertz CT molecular complexity index is 848. The molecule has 0 atom stereocenters. The Labute approximate surface area is 153 Å². The average Bonchev–Trinajstić information content (AvgIpc) is 2.66. The molecule has 0 aliphatic rings. The van der Waals surface area contributed by atoms with E-state index in [9.17, 15) is 18.4 Å². The van der Waals surface area contributed by atoms with Crippen molar-refractivity contribution in [1.82, 2.24) is 0 Å². The van der Waals surface area contributed by atoms with Crippen LogP contribution in [0.15, 0.2) is 48.5 Å². The van der Waals surface area contributed by atoms with Crippen LogP contribution in [0, 0.1) is 0 Å². The fourth-order valence-electron chi connectivity index (χ4n) is 2.09. The number of halogens is 2. The molecule has 0 bridgehead atoms. The molecule has 2 rings (SSSR count). The van der Waals surface area contributed by atoms with Gasteiger partial charge in [-0.2, -0.15) is 8.78 Å². The molecule has 0 radical (unpaired) electrons. The molecule has 0 saturated carbocycles. The van der Waals surface area contributed by atoms with Gasteiger partial charge in [0.1, 0.15) is 11.3 Å². The van der Waals surface area contributed by atoms with Crippen LogP contribution in [0.2, 0.25) is 0 Å². The van der Waals surface area contributed by atoms with Crippen molar-refractivity contribution >= 4 is 18.0 Å².